The summed E-state index contributed by atoms with van der Waals surface area (Å²) in [6.45, 7) is 0.488. The Labute approximate surface area is 183 Å². The summed E-state index contributed by atoms with van der Waals surface area (Å²) in [6.07, 6.45) is 0. The zero-order valence-electron chi connectivity index (χ0n) is 14.6. The van der Waals surface area contributed by atoms with Gasteiger partial charge in [0.15, 0.2) is 0 Å². The summed E-state index contributed by atoms with van der Waals surface area (Å²) in [5.41, 5.74) is 2.26. The highest BCUT2D eigenvalue weighted by Crippen LogP contribution is 2.40. The van der Waals surface area contributed by atoms with Gasteiger partial charge in [-0.25, -0.2) is 4.79 Å². The minimum absolute atomic E-state index is 0.310. The number of carboxylic acid groups (broad SMARTS) is 1. The monoisotopic (exact) mass is 515 g/mol. The number of carbonyl (C=O) groups is 1. The third kappa shape index (κ3) is 3.90. The molecule has 0 unspecified atom stereocenters. The van der Waals surface area contributed by atoms with E-state index in [1.807, 2.05) is 77.4 Å². The normalized spacial score (nSPS) is 11.1. The van der Waals surface area contributed by atoms with Crippen LogP contribution in [0.15, 0.2) is 91.5 Å². The van der Waals surface area contributed by atoms with E-state index in [-0.39, 0.29) is 0 Å². The quantitative estimate of drug-likeness (QED) is 0.308. The maximum Gasteiger partial charge on any atom is 0.353 e. The van der Waals surface area contributed by atoms with Crippen molar-refractivity contribution in [2.45, 2.75) is 16.3 Å². The van der Waals surface area contributed by atoms with Gasteiger partial charge in [0.05, 0.1) is 10.4 Å². The summed E-state index contributed by atoms with van der Waals surface area (Å²) in [5, 5.41) is 11.0. The second-order valence-electron chi connectivity index (χ2n) is 6.27. The first-order valence-corrected chi connectivity index (χ1v) is 11.0. The average molecular weight is 517 g/mol. The molecule has 4 aromatic rings. The van der Waals surface area contributed by atoms with Gasteiger partial charge >= 0.3 is 5.97 Å². The third-order valence-corrected chi connectivity index (χ3v) is 6.55. The van der Waals surface area contributed by atoms with E-state index < -0.39 is 5.97 Å². The van der Waals surface area contributed by atoms with Gasteiger partial charge in [0.2, 0.25) is 0 Å². The Morgan fingerprint density at radius 3 is 2.29 bits per heavy atom. The molecule has 3 nitrogen and oxygen atoms in total. The van der Waals surface area contributed by atoms with E-state index in [0.717, 1.165) is 35.2 Å². The number of nitrogens with zero attached hydrogens (tertiary/aromatic N) is 1. The lowest BCUT2D eigenvalue weighted by Gasteiger charge is -2.09. The minimum Gasteiger partial charge on any atom is -0.477 e. The fraction of sp³-hybridized carbons (Fsp3) is 0.0455. The van der Waals surface area contributed by atoms with Crippen molar-refractivity contribution in [3.8, 4) is 0 Å². The predicted octanol–water partition coefficient (Wildman–Crippen LogP) is 7.06. The Morgan fingerprint density at radius 2 is 1.61 bits per heavy atom. The Hall–Kier alpha value is -2.02. The molecule has 28 heavy (non-hydrogen) atoms. The van der Waals surface area contributed by atoms with Gasteiger partial charge in [-0.05, 0) is 48.0 Å². The molecule has 0 fully saturated rings. The standard InChI is InChI=1S/C22H15Br2NO2S/c23-15-8-6-14(7-9-15)13-25-19-11-10-16(24)12-18(19)21(20(25)22(26)27)28-17-4-2-1-3-5-17/h1-12H,13H2,(H,26,27). The lowest BCUT2D eigenvalue weighted by atomic mass is 10.2. The van der Waals surface area contributed by atoms with Crippen molar-refractivity contribution in [3.05, 3.63) is 93.0 Å². The molecule has 0 aliphatic carbocycles. The molecule has 1 aromatic heterocycles. The summed E-state index contributed by atoms with van der Waals surface area (Å²) in [4.78, 5) is 14.0. The van der Waals surface area contributed by atoms with E-state index >= 15 is 0 Å². The fourth-order valence-electron chi connectivity index (χ4n) is 3.15. The molecule has 6 heteroatoms. The summed E-state index contributed by atoms with van der Waals surface area (Å²) < 4.78 is 3.81. The predicted molar refractivity (Wildman–Crippen MR) is 120 cm³/mol. The van der Waals surface area contributed by atoms with Crippen LogP contribution >= 0.6 is 43.6 Å². The van der Waals surface area contributed by atoms with Crippen LogP contribution in [0.5, 0.6) is 0 Å². The molecule has 140 valence electrons. The highest BCUT2D eigenvalue weighted by molar-refractivity contribution is 9.10. The van der Waals surface area contributed by atoms with Crippen LogP contribution in [0, 0.1) is 0 Å². The van der Waals surface area contributed by atoms with E-state index in [1.54, 1.807) is 0 Å². The Kier molecular flexibility index (Phi) is 5.62. The van der Waals surface area contributed by atoms with Crippen LogP contribution in [0.1, 0.15) is 16.1 Å². The van der Waals surface area contributed by atoms with E-state index in [1.165, 1.54) is 11.8 Å². The largest absolute Gasteiger partial charge is 0.477 e. The minimum atomic E-state index is -0.928. The number of benzene rings is 3. The van der Waals surface area contributed by atoms with Crippen molar-refractivity contribution in [3.63, 3.8) is 0 Å². The van der Waals surface area contributed by atoms with Gasteiger partial charge < -0.3 is 9.67 Å². The molecule has 0 amide bonds. The van der Waals surface area contributed by atoms with Crippen LogP contribution < -0.4 is 0 Å². The topological polar surface area (TPSA) is 42.2 Å². The molecule has 0 aliphatic rings. The Balaban J connectivity index is 1.91. The number of halogens is 2. The highest BCUT2D eigenvalue weighted by Gasteiger charge is 2.23. The van der Waals surface area contributed by atoms with Crippen molar-refractivity contribution in [2.24, 2.45) is 0 Å². The summed E-state index contributed by atoms with van der Waals surface area (Å²) in [7, 11) is 0. The lowest BCUT2D eigenvalue weighted by molar-refractivity contribution is 0.0682. The maximum absolute atomic E-state index is 12.3. The second kappa shape index (κ2) is 8.15. The first kappa shape index (κ1) is 19.3. The van der Waals surface area contributed by atoms with Gasteiger partial charge in [0.1, 0.15) is 5.69 Å². The number of aromatic nitrogens is 1. The summed E-state index contributed by atoms with van der Waals surface area (Å²) in [5.74, 6) is -0.928. The van der Waals surface area contributed by atoms with Crippen LogP contribution in [0.3, 0.4) is 0 Å². The molecule has 0 atom stereocenters. The molecule has 0 spiro atoms. The van der Waals surface area contributed by atoms with Gasteiger partial charge in [-0.15, -0.1) is 0 Å². The molecule has 0 saturated heterocycles. The number of aromatic carboxylic acids is 1. The number of fused-ring (bicyclic) bond motifs is 1. The Bertz CT molecular complexity index is 1150. The third-order valence-electron chi connectivity index (χ3n) is 4.40. The molecule has 1 N–H and O–H groups in total. The molecule has 3 aromatic carbocycles. The maximum atomic E-state index is 12.3. The van der Waals surface area contributed by atoms with Gasteiger partial charge in [0.25, 0.3) is 0 Å². The van der Waals surface area contributed by atoms with E-state index in [0.29, 0.717) is 12.2 Å². The lowest BCUT2D eigenvalue weighted by Crippen LogP contribution is -2.10. The highest BCUT2D eigenvalue weighted by atomic mass is 79.9. The average Bonchev–Trinajstić information content (AvgIpc) is 2.97. The first-order chi connectivity index (χ1) is 13.5. The molecule has 0 bridgehead atoms. The van der Waals surface area contributed by atoms with Crippen molar-refractivity contribution in [1.29, 1.82) is 0 Å². The molecule has 0 aliphatic heterocycles. The number of hydrogen-bond donors (Lipinski definition) is 1. The molecule has 1 heterocycles. The zero-order chi connectivity index (χ0) is 19.7. The second-order valence-corrected chi connectivity index (χ2v) is 9.19. The number of carboxylic acids is 1. The van der Waals surface area contributed by atoms with Gasteiger partial charge in [-0.2, -0.15) is 0 Å². The molecule has 0 saturated carbocycles. The summed E-state index contributed by atoms with van der Waals surface area (Å²) in [6, 6.07) is 23.7. The van der Waals surface area contributed by atoms with Crippen LogP contribution in [0.2, 0.25) is 0 Å². The van der Waals surface area contributed by atoms with Gasteiger partial charge in [-0.1, -0.05) is 74.0 Å². The van der Waals surface area contributed by atoms with Crippen molar-refractivity contribution >= 4 is 60.5 Å². The molecule has 4 rings (SSSR count). The van der Waals surface area contributed by atoms with Crippen molar-refractivity contribution in [2.75, 3.05) is 0 Å². The van der Waals surface area contributed by atoms with Crippen LogP contribution in [0.4, 0.5) is 0 Å². The van der Waals surface area contributed by atoms with E-state index in [4.69, 9.17) is 0 Å². The van der Waals surface area contributed by atoms with Crippen molar-refractivity contribution < 1.29 is 9.90 Å². The number of rotatable bonds is 5. The van der Waals surface area contributed by atoms with Crippen molar-refractivity contribution in [1.82, 2.24) is 4.57 Å². The van der Waals surface area contributed by atoms with Crippen LogP contribution in [-0.4, -0.2) is 15.6 Å². The van der Waals surface area contributed by atoms with Crippen LogP contribution in [0.25, 0.3) is 10.9 Å². The molecular formula is C22H15Br2NO2S. The number of hydrogen-bond acceptors (Lipinski definition) is 2. The fourth-order valence-corrected chi connectivity index (χ4v) is 4.88. The zero-order valence-corrected chi connectivity index (χ0v) is 18.6. The molecular weight excluding hydrogens is 502 g/mol. The molecule has 0 radical (unpaired) electrons. The van der Waals surface area contributed by atoms with E-state index in [2.05, 4.69) is 31.9 Å². The first-order valence-electron chi connectivity index (χ1n) is 8.55. The SMILES string of the molecule is O=C(O)c1c(Sc2ccccc2)c2cc(Br)ccc2n1Cc1ccc(Br)cc1. The van der Waals surface area contributed by atoms with E-state index in [9.17, 15) is 9.90 Å². The van der Waals surface area contributed by atoms with Gasteiger partial charge in [-0.3, -0.25) is 0 Å². The smallest absolute Gasteiger partial charge is 0.353 e. The van der Waals surface area contributed by atoms with Crippen LogP contribution in [-0.2, 0) is 6.54 Å². The van der Waals surface area contributed by atoms with Gasteiger partial charge in [0, 0.05) is 25.8 Å². The Morgan fingerprint density at radius 1 is 0.929 bits per heavy atom. The summed E-state index contributed by atoms with van der Waals surface area (Å²) >= 11 is 8.46.